The van der Waals surface area contributed by atoms with Crippen molar-refractivity contribution in [1.29, 1.82) is 0 Å². The van der Waals surface area contributed by atoms with Crippen LogP contribution in [0.1, 0.15) is 26.3 Å². The van der Waals surface area contributed by atoms with Crippen molar-refractivity contribution in [2.45, 2.75) is 6.42 Å². The normalized spacial score (nSPS) is 9.73. The summed E-state index contributed by atoms with van der Waals surface area (Å²) >= 11 is 10.8. The average Bonchev–Trinajstić information content (AvgIpc) is 2.17. The summed E-state index contributed by atoms with van der Waals surface area (Å²) in [7, 11) is 0. The largest absolute Gasteiger partial charge is 0.276 e. The standard InChI is InChI=1S/C11H8Cl2O2/c1-2-4-7-5-3-6-8(10(12)14)9(7)11(13)15/h2-3,5-6H,1,4H2. The van der Waals surface area contributed by atoms with E-state index in [4.69, 9.17) is 23.2 Å². The molecule has 0 aliphatic rings. The monoisotopic (exact) mass is 242 g/mol. The fraction of sp³-hybridized carbons (Fsp3) is 0.0909. The Morgan fingerprint density at radius 2 is 1.93 bits per heavy atom. The van der Waals surface area contributed by atoms with Crippen molar-refractivity contribution in [3.05, 3.63) is 47.5 Å². The SMILES string of the molecule is C=CCc1cccc(C(=O)Cl)c1C(=O)Cl. The third-order valence-corrected chi connectivity index (χ3v) is 2.32. The summed E-state index contributed by atoms with van der Waals surface area (Å²) in [6.07, 6.45) is 2.09. The van der Waals surface area contributed by atoms with Gasteiger partial charge in [-0.3, -0.25) is 9.59 Å². The Hall–Kier alpha value is -1.12. The van der Waals surface area contributed by atoms with Gasteiger partial charge < -0.3 is 0 Å². The van der Waals surface area contributed by atoms with Crippen molar-refractivity contribution in [2.75, 3.05) is 0 Å². The van der Waals surface area contributed by atoms with Gasteiger partial charge in [-0.1, -0.05) is 18.2 Å². The summed E-state index contributed by atoms with van der Waals surface area (Å²) < 4.78 is 0. The number of allylic oxidation sites excluding steroid dienone is 1. The maximum absolute atomic E-state index is 11.2. The summed E-state index contributed by atoms with van der Waals surface area (Å²) in [5, 5.41) is -1.37. The van der Waals surface area contributed by atoms with Crippen molar-refractivity contribution >= 4 is 33.7 Å². The minimum absolute atomic E-state index is 0.135. The van der Waals surface area contributed by atoms with Crippen LogP contribution in [-0.2, 0) is 6.42 Å². The van der Waals surface area contributed by atoms with E-state index in [9.17, 15) is 9.59 Å². The van der Waals surface area contributed by atoms with Crippen LogP contribution in [0.4, 0.5) is 0 Å². The third kappa shape index (κ3) is 2.67. The summed E-state index contributed by atoms with van der Waals surface area (Å²) in [6.45, 7) is 3.56. The summed E-state index contributed by atoms with van der Waals surface area (Å²) in [5.41, 5.74) is 0.951. The second kappa shape index (κ2) is 5.10. The molecule has 0 saturated heterocycles. The maximum Gasteiger partial charge on any atom is 0.253 e. The van der Waals surface area contributed by atoms with Gasteiger partial charge in [0.2, 0.25) is 0 Å². The van der Waals surface area contributed by atoms with E-state index < -0.39 is 10.5 Å². The molecule has 0 bridgehead atoms. The zero-order valence-corrected chi connectivity index (χ0v) is 9.31. The minimum Gasteiger partial charge on any atom is -0.276 e. The lowest BCUT2D eigenvalue weighted by Crippen LogP contribution is -2.05. The first-order valence-corrected chi connectivity index (χ1v) is 4.96. The predicted molar refractivity (Wildman–Crippen MR) is 60.7 cm³/mol. The summed E-state index contributed by atoms with van der Waals surface area (Å²) in [6, 6.07) is 4.83. The van der Waals surface area contributed by atoms with Crippen molar-refractivity contribution in [1.82, 2.24) is 0 Å². The molecule has 1 rings (SSSR count). The van der Waals surface area contributed by atoms with Gasteiger partial charge in [0.1, 0.15) is 0 Å². The lowest BCUT2D eigenvalue weighted by molar-refractivity contribution is 0.105. The van der Waals surface area contributed by atoms with Crippen molar-refractivity contribution < 1.29 is 9.59 Å². The highest BCUT2D eigenvalue weighted by Gasteiger charge is 2.17. The Morgan fingerprint density at radius 3 is 2.40 bits per heavy atom. The molecule has 0 aliphatic carbocycles. The van der Waals surface area contributed by atoms with Crippen LogP contribution in [0.15, 0.2) is 30.9 Å². The molecule has 1 aromatic carbocycles. The Balaban J connectivity index is 3.40. The second-order valence-electron chi connectivity index (χ2n) is 2.88. The quantitative estimate of drug-likeness (QED) is 0.601. The fourth-order valence-electron chi connectivity index (χ4n) is 1.32. The number of rotatable bonds is 4. The maximum atomic E-state index is 11.2. The van der Waals surface area contributed by atoms with Gasteiger partial charge in [0, 0.05) is 11.1 Å². The van der Waals surface area contributed by atoms with Crippen LogP contribution in [0.5, 0.6) is 0 Å². The lowest BCUT2D eigenvalue weighted by Gasteiger charge is -2.06. The van der Waals surface area contributed by atoms with Crippen LogP contribution in [-0.4, -0.2) is 10.5 Å². The molecular formula is C11H8Cl2O2. The van der Waals surface area contributed by atoms with Gasteiger partial charge in [0.25, 0.3) is 10.5 Å². The van der Waals surface area contributed by atoms with Gasteiger partial charge in [0.05, 0.1) is 0 Å². The lowest BCUT2D eigenvalue weighted by atomic mass is 10.0. The Morgan fingerprint density at radius 1 is 1.27 bits per heavy atom. The molecule has 0 unspecified atom stereocenters. The molecule has 0 aliphatic heterocycles. The molecule has 2 nitrogen and oxygen atoms in total. The summed E-state index contributed by atoms with van der Waals surface area (Å²) in [4.78, 5) is 22.2. The summed E-state index contributed by atoms with van der Waals surface area (Å²) in [5.74, 6) is 0. The van der Waals surface area contributed by atoms with Crippen molar-refractivity contribution in [3.63, 3.8) is 0 Å². The van der Waals surface area contributed by atoms with E-state index >= 15 is 0 Å². The van der Waals surface area contributed by atoms with Crippen molar-refractivity contribution in [3.8, 4) is 0 Å². The molecule has 0 N–H and O–H groups in total. The first-order valence-electron chi connectivity index (χ1n) is 4.20. The molecule has 0 saturated carbocycles. The molecule has 78 valence electrons. The Kier molecular flexibility index (Phi) is 4.06. The average molecular weight is 243 g/mol. The van der Waals surface area contributed by atoms with Gasteiger partial charge >= 0.3 is 0 Å². The topological polar surface area (TPSA) is 34.1 Å². The van der Waals surface area contributed by atoms with Crippen molar-refractivity contribution in [2.24, 2.45) is 0 Å². The molecule has 0 heterocycles. The van der Waals surface area contributed by atoms with Crippen LogP contribution < -0.4 is 0 Å². The number of carbonyl (C=O) groups is 2. The van der Waals surface area contributed by atoms with E-state index in [0.717, 1.165) is 0 Å². The molecule has 4 heteroatoms. The molecule has 15 heavy (non-hydrogen) atoms. The third-order valence-electron chi connectivity index (χ3n) is 1.92. The molecule has 0 spiro atoms. The van der Waals surface area contributed by atoms with Crippen LogP contribution in [0, 0.1) is 0 Å². The van der Waals surface area contributed by atoms with Crippen LogP contribution >= 0.6 is 23.2 Å². The van der Waals surface area contributed by atoms with Gasteiger partial charge in [-0.25, -0.2) is 0 Å². The zero-order chi connectivity index (χ0) is 11.4. The van der Waals surface area contributed by atoms with E-state index in [0.29, 0.717) is 12.0 Å². The Labute approximate surface area is 97.5 Å². The highest BCUT2D eigenvalue weighted by atomic mass is 35.5. The zero-order valence-electron chi connectivity index (χ0n) is 7.80. The molecular weight excluding hydrogens is 235 g/mol. The van der Waals surface area contributed by atoms with E-state index in [-0.39, 0.29) is 11.1 Å². The number of halogens is 2. The van der Waals surface area contributed by atoms with E-state index in [1.165, 1.54) is 6.07 Å². The van der Waals surface area contributed by atoms with Crippen LogP contribution in [0.25, 0.3) is 0 Å². The van der Waals surface area contributed by atoms with Crippen LogP contribution in [0.2, 0.25) is 0 Å². The van der Waals surface area contributed by atoms with E-state index in [1.807, 2.05) is 0 Å². The minimum atomic E-state index is -0.690. The Bertz CT molecular complexity index is 425. The molecule has 0 amide bonds. The van der Waals surface area contributed by atoms with Gasteiger partial charge in [0.15, 0.2) is 0 Å². The number of hydrogen-bond acceptors (Lipinski definition) is 2. The van der Waals surface area contributed by atoms with E-state index in [1.54, 1.807) is 18.2 Å². The van der Waals surface area contributed by atoms with Crippen LogP contribution in [0.3, 0.4) is 0 Å². The molecule has 0 radical (unpaired) electrons. The highest BCUT2D eigenvalue weighted by molar-refractivity contribution is 6.72. The number of carbonyl (C=O) groups excluding carboxylic acids is 2. The van der Waals surface area contributed by atoms with E-state index in [2.05, 4.69) is 6.58 Å². The molecule has 0 fully saturated rings. The smallest absolute Gasteiger partial charge is 0.253 e. The van der Waals surface area contributed by atoms with Gasteiger partial charge in [-0.15, -0.1) is 6.58 Å². The highest BCUT2D eigenvalue weighted by Crippen LogP contribution is 2.20. The van der Waals surface area contributed by atoms with Gasteiger partial charge in [-0.05, 0) is 41.3 Å². The molecule has 1 aromatic rings. The second-order valence-corrected chi connectivity index (χ2v) is 3.57. The number of benzene rings is 1. The first-order chi connectivity index (χ1) is 7.07. The molecule has 0 atom stereocenters. The first kappa shape index (κ1) is 12.0. The fourth-order valence-corrected chi connectivity index (χ4v) is 1.70. The number of hydrogen-bond donors (Lipinski definition) is 0. The molecule has 0 aromatic heterocycles. The predicted octanol–water partition coefficient (Wildman–Crippen LogP) is 3.17. The van der Waals surface area contributed by atoms with Gasteiger partial charge in [-0.2, -0.15) is 0 Å².